The van der Waals surface area contributed by atoms with Crippen LogP contribution >= 0.6 is 0 Å². The van der Waals surface area contributed by atoms with Crippen molar-refractivity contribution in [2.45, 2.75) is 45.7 Å². The molecule has 1 unspecified atom stereocenters. The molecule has 1 heterocycles. The Bertz CT molecular complexity index is 319. The summed E-state index contributed by atoms with van der Waals surface area (Å²) >= 11 is 0. The van der Waals surface area contributed by atoms with Crippen molar-refractivity contribution >= 4 is 0 Å². The van der Waals surface area contributed by atoms with Gasteiger partial charge in [-0.25, -0.2) is 0 Å². The van der Waals surface area contributed by atoms with E-state index in [1.54, 1.807) is 0 Å². The molecule has 1 saturated carbocycles. The first kappa shape index (κ1) is 8.82. The number of hydrogen-bond acceptors (Lipinski definition) is 1. The number of nitrogens with two attached hydrogens (primary N) is 1. The van der Waals surface area contributed by atoms with E-state index in [1.165, 1.54) is 29.8 Å². The summed E-state index contributed by atoms with van der Waals surface area (Å²) in [6.07, 6.45) is 2.68. The van der Waals surface area contributed by atoms with Crippen LogP contribution in [-0.2, 0) is 0 Å². The van der Waals surface area contributed by atoms with Crippen molar-refractivity contribution in [3.8, 4) is 0 Å². The van der Waals surface area contributed by atoms with Gasteiger partial charge in [0.25, 0.3) is 0 Å². The minimum atomic E-state index is 0.165. The fourth-order valence-electron chi connectivity index (χ4n) is 2.16. The molecule has 0 bridgehead atoms. The summed E-state index contributed by atoms with van der Waals surface area (Å²) < 4.78 is 2.44. The van der Waals surface area contributed by atoms with E-state index in [1.807, 2.05) is 0 Å². The minimum absolute atomic E-state index is 0.165. The molecule has 2 N–H and O–H groups in total. The van der Waals surface area contributed by atoms with Crippen molar-refractivity contribution in [2.75, 3.05) is 0 Å². The summed E-state index contributed by atoms with van der Waals surface area (Å²) in [6.45, 7) is 6.42. The summed E-state index contributed by atoms with van der Waals surface area (Å²) in [5.41, 5.74) is 9.95. The zero-order valence-electron chi connectivity index (χ0n) is 8.67. The van der Waals surface area contributed by atoms with Crippen molar-refractivity contribution in [3.63, 3.8) is 0 Å². The molecular formula is C11H18N2. The van der Waals surface area contributed by atoms with E-state index in [-0.39, 0.29) is 6.04 Å². The smallest absolute Gasteiger partial charge is 0.0337 e. The number of nitrogens with zero attached hydrogens (tertiary/aromatic N) is 1. The van der Waals surface area contributed by atoms with Crippen LogP contribution in [0, 0.1) is 13.8 Å². The third kappa shape index (κ3) is 1.39. The first-order chi connectivity index (χ1) is 6.11. The molecule has 2 rings (SSSR count). The quantitative estimate of drug-likeness (QED) is 0.741. The van der Waals surface area contributed by atoms with Gasteiger partial charge in [0, 0.05) is 23.5 Å². The molecule has 0 aromatic carbocycles. The van der Waals surface area contributed by atoms with Crippen molar-refractivity contribution in [2.24, 2.45) is 5.73 Å². The van der Waals surface area contributed by atoms with Crippen molar-refractivity contribution in [3.05, 3.63) is 23.0 Å². The molecule has 2 heteroatoms. The Morgan fingerprint density at radius 2 is 2.08 bits per heavy atom. The van der Waals surface area contributed by atoms with Gasteiger partial charge >= 0.3 is 0 Å². The molecule has 1 fully saturated rings. The van der Waals surface area contributed by atoms with E-state index in [4.69, 9.17) is 5.73 Å². The van der Waals surface area contributed by atoms with Gasteiger partial charge in [-0.05, 0) is 45.2 Å². The van der Waals surface area contributed by atoms with Gasteiger partial charge in [-0.2, -0.15) is 0 Å². The topological polar surface area (TPSA) is 30.9 Å². The zero-order valence-corrected chi connectivity index (χ0v) is 8.67. The van der Waals surface area contributed by atoms with Crippen LogP contribution < -0.4 is 5.73 Å². The fourth-order valence-corrected chi connectivity index (χ4v) is 2.16. The normalized spacial score (nSPS) is 19.1. The second kappa shape index (κ2) is 2.88. The predicted molar refractivity (Wildman–Crippen MR) is 54.8 cm³/mol. The standard InChI is InChI=1S/C11H18N2/c1-7-6-11(8(2)12)9(3)13(7)10-4-5-10/h6,8,10H,4-5,12H2,1-3H3. The van der Waals surface area contributed by atoms with E-state index in [9.17, 15) is 0 Å². The molecule has 0 saturated heterocycles. The maximum Gasteiger partial charge on any atom is 0.0337 e. The Hall–Kier alpha value is -0.760. The van der Waals surface area contributed by atoms with Crippen LogP contribution in [-0.4, -0.2) is 4.57 Å². The van der Waals surface area contributed by atoms with Crippen LogP contribution in [0.3, 0.4) is 0 Å². The van der Waals surface area contributed by atoms with Crippen LogP contribution in [0.2, 0.25) is 0 Å². The number of rotatable bonds is 2. The van der Waals surface area contributed by atoms with Gasteiger partial charge < -0.3 is 10.3 Å². The Morgan fingerprint density at radius 1 is 1.46 bits per heavy atom. The van der Waals surface area contributed by atoms with Crippen molar-refractivity contribution in [1.29, 1.82) is 0 Å². The number of hydrogen-bond donors (Lipinski definition) is 1. The molecule has 2 nitrogen and oxygen atoms in total. The SMILES string of the molecule is Cc1cc(C(C)N)c(C)n1C1CC1. The highest BCUT2D eigenvalue weighted by Crippen LogP contribution is 2.38. The van der Waals surface area contributed by atoms with E-state index < -0.39 is 0 Å². The summed E-state index contributed by atoms with van der Waals surface area (Å²) in [4.78, 5) is 0. The van der Waals surface area contributed by atoms with Crippen LogP contribution in [0.5, 0.6) is 0 Å². The molecule has 1 aromatic rings. The zero-order chi connectivity index (χ0) is 9.59. The van der Waals surface area contributed by atoms with E-state index >= 15 is 0 Å². The lowest BCUT2D eigenvalue weighted by Crippen LogP contribution is -2.07. The first-order valence-electron chi connectivity index (χ1n) is 5.05. The van der Waals surface area contributed by atoms with Crippen molar-refractivity contribution < 1.29 is 0 Å². The van der Waals surface area contributed by atoms with Crippen molar-refractivity contribution in [1.82, 2.24) is 4.57 Å². The van der Waals surface area contributed by atoms with E-state index in [0.717, 1.165) is 6.04 Å². The van der Waals surface area contributed by atoms with Gasteiger partial charge in [0.2, 0.25) is 0 Å². The van der Waals surface area contributed by atoms with Gasteiger partial charge in [-0.3, -0.25) is 0 Å². The second-order valence-corrected chi connectivity index (χ2v) is 4.22. The van der Waals surface area contributed by atoms with Gasteiger partial charge in [0.1, 0.15) is 0 Å². The molecule has 0 spiro atoms. The number of aryl methyl sites for hydroxylation is 1. The average Bonchev–Trinajstić information content (AvgIpc) is 2.80. The van der Waals surface area contributed by atoms with E-state index in [0.29, 0.717) is 0 Å². The van der Waals surface area contributed by atoms with Crippen LogP contribution in [0.4, 0.5) is 0 Å². The molecular weight excluding hydrogens is 160 g/mol. The van der Waals surface area contributed by atoms with E-state index in [2.05, 4.69) is 31.4 Å². The van der Waals surface area contributed by atoms with Gasteiger partial charge in [-0.1, -0.05) is 0 Å². The summed E-state index contributed by atoms with van der Waals surface area (Å²) in [5, 5.41) is 0. The van der Waals surface area contributed by atoms with Gasteiger partial charge in [0.05, 0.1) is 0 Å². The largest absolute Gasteiger partial charge is 0.346 e. The van der Waals surface area contributed by atoms with Crippen LogP contribution in [0.25, 0.3) is 0 Å². The Balaban J connectivity index is 2.44. The van der Waals surface area contributed by atoms with Gasteiger partial charge in [-0.15, -0.1) is 0 Å². The Kier molecular flexibility index (Phi) is 1.95. The highest BCUT2D eigenvalue weighted by Gasteiger charge is 2.27. The van der Waals surface area contributed by atoms with Crippen LogP contribution in [0.1, 0.15) is 48.8 Å². The molecule has 0 amide bonds. The molecule has 1 aliphatic carbocycles. The predicted octanol–water partition coefficient (Wildman–Crippen LogP) is 2.46. The van der Waals surface area contributed by atoms with Crippen LogP contribution in [0.15, 0.2) is 6.07 Å². The maximum atomic E-state index is 5.90. The molecule has 0 radical (unpaired) electrons. The lowest BCUT2D eigenvalue weighted by Gasteiger charge is -2.09. The highest BCUT2D eigenvalue weighted by atomic mass is 15.1. The van der Waals surface area contributed by atoms with Gasteiger partial charge in [0.15, 0.2) is 0 Å². The highest BCUT2D eigenvalue weighted by molar-refractivity contribution is 5.30. The lowest BCUT2D eigenvalue weighted by atomic mass is 10.1. The molecule has 1 aromatic heterocycles. The molecule has 0 aliphatic heterocycles. The number of aromatic nitrogens is 1. The molecule has 1 aliphatic rings. The third-order valence-corrected chi connectivity index (χ3v) is 2.93. The first-order valence-corrected chi connectivity index (χ1v) is 5.05. The second-order valence-electron chi connectivity index (χ2n) is 4.22. The summed E-state index contributed by atoms with van der Waals surface area (Å²) in [7, 11) is 0. The monoisotopic (exact) mass is 178 g/mol. The summed E-state index contributed by atoms with van der Waals surface area (Å²) in [5.74, 6) is 0. The fraction of sp³-hybridized carbons (Fsp3) is 0.636. The average molecular weight is 178 g/mol. The Labute approximate surface area is 79.7 Å². The minimum Gasteiger partial charge on any atom is -0.346 e. The summed E-state index contributed by atoms with van der Waals surface area (Å²) in [6, 6.07) is 3.17. The lowest BCUT2D eigenvalue weighted by molar-refractivity contribution is 0.688. The maximum absolute atomic E-state index is 5.90. The molecule has 1 atom stereocenters. The third-order valence-electron chi connectivity index (χ3n) is 2.93. The Morgan fingerprint density at radius 3 is 2.46 bits per heavy atom. The molecule has 13 heavy (non-hydrogen) atoms. The molecule has 72 valence electrons.